The average molecular weight is 397 g/mol. The van der Waals surface area contributed by atoms with Crippen LogP contribution >= 0.6 is 11.6 Å². The zero-order valence-corrected chi connectivity index (χ0v) is 17.0. The number of aromatic nitrogens is 2. The Bertz CT molecular complexity index is 945. The van der Waals surface area contributed by atoms with Crippen molar-refractivity contribution in [1.29, 1.82) is 0 Å². The van der Waals surface area contributed by atoms with Crippen molar-refractivity contribution < 1.29 is 9.90 Å². The highest BCUT2D eigenvalue weighted by molar-refractivity contribution is 6.30. The van der Waals surface area contributed by atoms with E-state index in [1.165, 1.54) is 0 Å². The number of ketones is 1. The number of benzene rings is 2. The van der Waals surface area contributed by atoms with E-state index in [-0.39, 0.29) is 12.4 Å². The monoisotopic (exact) mass is 396 g/mol. The van der Waals surface area contributed by atoms with Crippen molar-refractivity contribution in [3.63, 3.8) is 0 Å². The summed E-state index contributed by atoms with van der Waals surface area (Å²) in [6, 6.07) is 15.4. The van der Waals surface area contributed by atoms with Crippen LogP contribution in [0.4, 0.5) is 0 Å². The van der Waals surface area contributed by atoms with Gasteiger partial charge < -0.3 is 5.11 Å². The molecule has 4 nitrogen and oxygen atoms in total. The van der Waals surface area contributed by atoms with E-state index in [4.69, 9.17) is 21.8 Å². The predicted octanol–water partition coefficient (Wildman–Crippen LogP) is 4.89. The first-order valence-electron chi connectivity index (χ1n) is 9.52. The Morgan fingerprint density at radius 3 is 2.57 bits per heavy atom. The average Bonchev–Trinajstić information content (AvgIpc) is 3.05. The molecule has 28 heavy (non-hydrogen) atoms. The molecule has 3 rings (SSSR count). The number of hydrogen-bond donors (Lipinski definition) is 1. The smallest absolute Gasteiger partial charge is 0.137 e. The second kappa shape index (κ2) is 9.18. The number of nitrogens with zero attached hydrogens (tertiary/aromatic N) is 2. The molecule has 0 atom stereocenters. The van der Waals surface area contributed by atoms with Crippen LogP contribution in [0.15, 0.2) is 54.7 Å². The molecular weight excluding hydrogens is 372 g/mol. The number of carbonyl (C=O) groups is 1. The summed E-state index contributed by atoms with van der Waals surface area (Å²) < 4.78 is 1.80. The quantitative estimate of drug-likeness (QED) is 0.590. The lowest BCUT2D eigenvalue weighted by Crippen LogP contribution is -2.06. The molecule has 1 N–H and O–H groups in total. The van der Waals surface area contributed by atoms with E-state index >= 15 is 0 Å². The summed E-state index contributed by atoms with van der Waals surface area (Å²) in [6.07, 6.45) is 3.45. The second-order valence-electron chi connectivity index (χ2n) is 7.41. The highest BCUT2D eigenvalue weighted by Crippen LogP contribution is 2.27. The lowest BCUT2D eigenvalue weighted by atomic mass is 9.99. The maximum atomic E-state index is 12.4. The SMILES string of the molecule is CC(C)CC(=O)Cc1cn(-c2ccc(CCO)cc2)nc1-c1cccc(Cl)c1. The van der Waals surface area contributed by atoms with Crippen LogP contribution in [0.2, 0.25) is 5.02 Å². The van der Waals surface area contributed by atoms with Crippen LogP contribution in [-0.4, -0.2) is 27.3 Å². The van der Waals surface area contributed by atoms with Crippen molar-refractivity contribution in [3.8, 4) is 16.9 Å². The number of aliphatic hydroxyl groups is 1. The molecule has 0 saturated heterocycles. The third kappa shape index (κ3) is 5.09. The summed E-state index contributed by atoms with van der Waals surface area (Å²) >= 11 is 6.17. The first kappa shape index (κ1) is 20.3. The maximum Gasteiger partial charge on any atom is 0.137 e. The van der Waals surface area contributed by atoms with Crippen molar-refractivity contribution >= 4 is 17.4 Å². The van der Waals surface area contributed by atoms with Crippen molar-refractivity contribution in [3.05, 3.63) is 70.9 Å². The number of hydrogen-bond acceptors (Lipinski definition) is 3. The van der Waals surface area contributed by atoms with E-state index in [1.54, 1.807) is 4.68 Å². The van der Waals surface area contributed by atoms with Crippen LogP contribution in [0.3, 0.4) is 0 Å². The third-order valence-corrected chi connectivity index (χ3v) is 4.75. The molecule has 0 aliphatic heterocycles. The van der Waals surface area contributed by atoms with Crippen molar-refractivity contribution in [2.45, 2.75) is 33.1 Å². The Labute approximate surface area is 170 Å². The van der Waals surface area contributed by atoms with Gasteiger partial charge in [0.25, 0.3) is 0 Å². The van der Waals surface area contributed by atoms with Crippen LogP contribution in [0.1, 0.15) is 31.4 Å². The Morgan fingerprint density at radius 1 is 1.18 bits per heavy atom. The first-order chi connectivity index (χ1) is 13.5. The fraction of sp³-hybridized carbons (Fsp3) is 0.304. The van der Waals surface area contributed by atoms with Gasteiger partial charge in [-0.1, -0.05) is 49.7 Å². The fourth-order valence-electron chi connectivity index (χ4n) is 3.23. The van der Waals surface area contributed by atoms with Crippen LogP contribution in [0.25, 0.3) is 16.9 Å². The largest absolute Gasteiger partial charge is 0.396 e. The maximum absolute atomic E-state index is 12.4. The molecule has 0 aliphatic carbocycles. The van der Waals surface area contributed by atoms with Gasteiger partial charge in [0.05, 0.1) is 11.4 Å². The number of aliphatic hydroxyl groups excluding tert-OH is 1. The number of Topliss-reactive ketones (excluding diaryl/α,β-unsaturated/α-hetero) is 1. The van der Waals surface area contributed by atoms with E-state index in [9.17, 15) is 4.79 Å². The van der Waals surface area contributed by atoms with Gasteiger partial charge in [-0.15, -0.1) is 0 Å². The molecule has 3 aromatic rings. The summed E-state index contributed by atoms with van der Waals surface area (Å²) in [4.78, 5) is 12.4. The molecule has 1 aromatic heterocycles. The predicted molar refractivity (Wildman–Crippen MR) is 113 cm³/mol. The van der Waals surface area contributed by atoms with Crippen molar-refractivity contribution in [2.75, 3.05) is 6.61 Å². The highest BCUT2D eigenvalue weighted by atomic mass is 35.5. The van der Waals surface area contributed by atoms with Crippen LogP contribution in [0.5, 0.6) is 0 Å². The molecule has 146 valence electrons. The molecule has 0 fully saturated rings. The molecule has 0 radical (unpaired) electrons. The Hall–Kier alpha value is -2.43. The lowest BCUT2D eigenvalue weighted by Gasteiger charge is -2.05. The molecule has 0 aliphatic rings. The van der Waals surface area contributed by atoms with Gasteiger partial charge in [0, 0.05) is 41.8 Å². The van der Waals surface area contributed by atoms with E-state index in [1.807, 2.05) is 68.6 Å². The molecule has 5 heteroatoms. The molecule has 0 saturated carbocycles. The van der Waals surface area contributed by atoms with Gasteiger partial charge >= 0.3 is 0 Å². The Morgan fingerprint density at radius 2 is 1.93 bits per heavy atom. The summed E-state index contributed by atoms with van der Waals surface area (Å²) in [5, 5.41) is 14.5. The lowest BCUT2D eigenvalue weighted by molar-refractivity contribution is -0.119. The van der Waals surface area contributed by atoms with E-state index in [0.29, 0.717) is 30.2 Å². The Kier molecular flexibility index (Phi) is 6.65. The van der Waals surface area contributed by atoms with Crippen molar-refractivity contribution in [2.24, 2.45) is 5.92 Å². The zero-order chi connectivity index (χ0) is 20.1. The molecule has 0 unspecified atom stereocenters. The van der Waals surface area contributed by atoms with Crippen LogP contribution in [-0.2, 0) is 17.6 Å². The van der Waals surface area contributed by atoms with E-state index in [0.717, 1.165) is 28.1 Å². The number of halogens is 1. The molecule has 0 bridgehead atoms. The minimum atomic E-state index is 0.127. The van der Waals surface area contributed by atoms with Gasteiger partial charge in [-0.25, -0.2) is 4.68 Å². The highest BCUT2D eigenvalue weighted by Gasteiger charge is 2.16. The van der Waals surface area contributed by atoms with Gasteiger partial charge in [-0.05, 0) is 42.2 Å². The molecular formula is C23H25ClN2O2. The van der Waals surface area contributed by atoms with Gasteiger partial charge in [-0.2, -0.15) is 5.10 Å². The van der Waals surface area contributed by atoms with E-state index in [2.05, 4.69) is 0 Å². The second-order valence-corrected chi connectivity index (χ2v) is 7.85. The molecule has 1 heterocycles. The van der Waals surface area contributed by atoms with Crippen molar-refractivity contribution in [1.82, 2.24) is 9.78 Å². The van der Waals surface area contributed by atoms with E-state index < -0.39 is 0 Å². The third-order valence-electron chi connectivity index (χ3n) is 4.51. The number of carbonyl (C=O) groups excluding carboxylic acids is 1. The van der Waals surface area contributed by atoms with Crippen LogP contribution < -0.4 is 0 Å². The van der Waals surface area contributed by atoms with Gasteiger partial charge in [0.1, 0.15) is 5.78 Å². The minimum Gasteiger partial charge on any atom is -0.396 e. The van der Waals surface area contributed by atoms with Gasteiger partial charge in [0.2, 0.25) is 0 Å². The summed E-state index contributed by atoms with van der Waals surface area (Å²) in [7, 11) is 0. The molecule has 2 aromatic carbocycles. The zero-order valence-electron chi connectivity index (χ0n) is 16.2. The Balaban J connectivity index is 1.98. The van der Waals surface area contributed by atoms with Crippen LogP contribution in [0, 0.1) is 5.92 Å². The minimum absolute atomic E-state index is 0.127. The fourth-order valence-corrected chi connectivity index (χ4v) is 3.42. The first-order valence-corrected chi connectivity index (χ1v) is 9.90. The van der Waals surface area contributed by atoms with Gasteiger partial charge in [-0.3, -0.25) is 4.79 Å². The summed E-state index contributed by atoms with van der Waals surface area (Å²) in [6.45, 7) is 4.22. The molecule has 0 amide bonds. The molecule has 0 spiro atoms. The number of rotatable bonds is 8. The topological polar surface area (TPSA) is 55.1 Å². The standard InChI is InChI=1S/C23H25ClN2O2/c1-16(2)12-22(28)14-19-15-26(21-8-6-17(7-9-21)10-11-27)25-23(19)18-4-3-5-20(24)13-18/h3-9,13,15-16,27H,10-12,14H2,1-2H3. The normalized spacial score (nSPS) is 11.2. The summed E-state index contributed by atoms with van der Waals surface area (Å²) in [5.41, 5.74) is 4.55. The summed E-state index contributed by atoms with van der Waals surface area (Å²) in [5.74, 6) is 0.535. The van der Waals surface area contributed by atoms with Gasteiger partial charge in [0.15, 0.2) is 0 Å².